The van der Waals surface area contributed by atoms with Gasteiger partial charge in [-0.15, -0.1) is 0 Å². The van der Waals surface area contributed by atoms with Crippen molar-refractivity contribution in [1.29, 1.82) is 0 Å². The van der Waals surface area contributed by atoms with Crippen molar-refractivity contribution in [2.24, 2.45) is 0 Å². The standard InChI is InChI=1S/C11H12BrFO3S/c1-6(14)17-5-9(15)11(16)7-3-2-4-8(13)10(7)12/h2-4,9,11,15-16H,5H2,1H3. The molecule has 0 fully saturated rings. The van der Waals surface area contributed by atoms with Crippen molar-refractivity contribution in [2.45, 2.75) is 19.1 Å². The van der Waals surface area contributed by atoms with Gasteiger partial charge in [-0.2, -0.15) is 0 Å². The van der Waals surface area contributed by atoms with Crippen LogP contribution in [0, 0.1) is 5.82 Å². The van der Waals surface area contributed by atoms with Crippen LogP contribution < -0.4 is 0 Å². The molecule has 6 heteroatoms. The number of carbonyl (C=O) groups excluding carboxylic acids is 1. The quantitative estimate of drug-likeness (QED) is 0.892. The highest BCUT2D eigenvalue weighted by Gasteiger charge is 2.22. The van der Waals surface area contributed by atoms with Crippen LogP contribution in [0.15, 0.2) is 22.7 Å². The lowest BCUT2D eigenvalue weighted by atomic mass is 10.1. The summed E-state index contributed by atoms with van der Waals surface area (Å²) < 4.78 is 13.3. The van der Waals surface area contributed by atoms with E-state index in [0.29, 0.717) is 0 Å². The molecule has 2 unspecified atom stereocenters. The Morgan fingerprint density at radius 2 is 2.18 bits per heavy atom. The molecule has 1 rings (SSSR count). The van der Waals surface area contributed by atoms with Crippen LogP contribution in [0.1, 0.15) is 18.6 Å². The van der Waals surface area contributed by atoms with E-state index in [1.165, 1.54) is 25.1 Å². The number of aliphatic hydroxyl groups is 2. The molecule has 2 N–H and O–H groups in total. The minimum atomic E-state index is -1.23. The zero-order chi connectivity index (χ0) is 13.0. The average Bonchev–Trinajstić information content (AvgIpc) is 2.28. The third kappa shape index (κ3) is 4.06. The van der Waals surface area contributed by atoms with E-state index in [1.807, 2.05) is 0 Å². The first-order chi connectivity index (χ1) is 7.93. The van der Waals surface area contributed by atoms with Crippen LogP contribution in [-0.4, -0.2) is 27.2 Å². The van der Waals surface area contributed by atoms with E-state index in [9.17, 15) is 19.4 Å². The molecule has 0 saturated heterocycles. The highest BCUT2D eigenvalue weighted by molar-refractivity contribution is 9.10. The highest BCUT2D eigenvalue weighted by Crippen LogP contribution is 2.29. The van der Waals surface area contributed by atoms with E-state index in [-0.39, 0.29) is 20.9 Å². The second-order valence-electron chi connectivity index (χ2n) is 3.46. The zero-order valence-corrected chi connectivity index (χ0v) is 11.5. The number of benzene rings is 1. The van der Waals surface area contributed by atoms with E-state index < -0.39 is 18.0 Å². The zero-order valence-electron chi connectivity index (χ0n) is 9.06. The fourth-order valence-corrected chi connectivity index (χ4v) is 2.34. The van der Waals surface area contributed by atoms with Gasteiger partial charge in [0.1, 0.15) is 11.9 Å². The Hall–Kier alpha value is -0.430. The number of thioether (sulfide) groups is 1. The molecular formula is C11H12BrFO3S. The molecule has 0 amide bonds. The lowest BCUT2D eigenvalue weighted by molar-refractivity contribution is -0.109. The predicted octanol–water partition coefficient (Wildman–Crippen LogP) is 2.26. The van der Waals surface area contributed by atoms with Gasteiger partial charge in [-0.3, -0.25) is 4.79 Å². The molecule has 1 aromatic carbocycles. The van der Waals surface area contributed by atoms with Gasteiger partial charge in [-0.1, -0.05) is 23.9 Å². The summed E-state index contributed by atoms with van der Waals surface area (Å²) in [6.07, 6.45) is -2.35. The highest BCUT2D eigenvalue weighted by atomic mass is 79.9. The second kappa shape index (κ2) is 6.49. The van der Waals surface area contributed by atoms with Crippen LogP contribution >= 0.6 is 27.7 Å². The van der Waals surface area contributed by atoms with Gasteiger partial charge in [0.2, 0.25) is 0 Å². The first kappa shape index (κ1) is 14.6. The van der Waals surface area contributed by atoms with Crippen molar-refractivity contribution in [3.05, 3.63) is 34.1 Å². The first-order valence-electron chi connectivity index (χ1n) is 4.87. The van der Waals surface area contributed by atoms with Crippen LogP contribution in [0.3, 0.4) is 0 Å². The van der Waals surface area contributed by atoms with Gasteiger partial charge >= 0.3 is 0 Å². The van der Waals surface area contributed by atoms with Gasteiger partial charge in [-0.05, 0) is 22.0 Å². The molecule has 0 radical (unpaired) electrons. The molecule has 0 saturated carbocycles. The molecule has 3 nitrogen and oxygen atoms in total. The van der Waals surface area contributed by atoms with Crippen molar-refractivity contribution < 1.29 is 19.4 Å². The molecular weight excluding hydrogens is 311 g/mol. The maximum atomic E-state index is 13.2. The average molecular weight is 323 g/mol. The second-order valence-corrected chi connectivity index (χ2v) is 5.45. The Balaban J connectivity index is 2.77. The molecule has 17 heavy (non-hydrogen) atoms. The van der Waals surface area contributed by atoms with Crippen LogP contribution in [0.2, 0.25) is 0 Å². The summed E-state index contributed by atoms with van der Waals surface area (Å²) >= 11 is 3.92. The van der Waals surface area contributed by atoms with Gasteiger partial charge in [0.15, 0.2) is 5.12 Å². The summed E-state index contributed by atoms with van der Waals surface area (Å²) in [5.74, 6) is -0.438. The lowest BCUT2D eigenvalue weighted by Gasteiger charge is -2.18. The molecule has 0 aliphatic rings. The Labute approximate surface area is 111 Å². The normalized spacial score (nSPS) is 14.4. The summed E-state index contributed by atoms with van der Waals surface area (Å²) in [6.45, 7) is 1.38. The molecule has 0 aliphatic heterocycles. The molecule has 2 atom stereocenters. The first-order valence-corrected chi connectivity index (χ1v) is 6.64. The van der Waals surface area contributed by atoms with Crippen molar-refractivity contribution in [3.8, 4) is 0 Å². The van der Waals surface area contributed by atoms with Crippen LogP contribution in [0.25, 0.3) is 0 Å². The number of carbonyl (C=O) groups is 1. The van der Waals surface area contributed by atoms with Crippen molar-refractivity contribution in [3.63, 3.8) is 0 Å². The van der Waals surface area contributed by atoms with Gasteiger partial charge in [0, 0.05) is 18.2 Å². The van der Waals surface area contributed by atoms with Gasteiger partial charge in [0.05, 0.1) is 10.6 Å². The van der Waals surface area contributed by atoms with Crippen molar-refractivity contribution >= 4 is 32.8 Å². The molecule has 0 bridgehead atoms. The van der Waals surface area contributed by atoms with E-state index in [4.69, 9.17) is 0 Å². The fourth-order valence-electron chi connectivity index (χ4n) is 1.25. The minimum Gasteiger partial charge on any atom is -0.389 e. The Morgan fingerprint density at radius 3 is 2.76 bits per heavy atom. The Morgan fingerprint density at radius 1 is 1.53 bits per heavy atom. The monoisotopic (exact) mass is 322 g/mol. The number of halogens is 2. The summed E-state index contributed by atoms with van der Waals surface area (Å²) in [5.41, 5.74) is 0.265. The topological polar surface area (TPSA) is 57.5 Å². The van der Waals surface area contributed by atoms with Gasteiger partial charge in [-0.25, -0.2) is 4.39 Å². The fraction of sp³-hybridized carbons (Fsp3) is 0.364. The summed E-state index contributed by atoms with van der Waals surface area (Å²) in [7, 11) is 0. The van der Waals surface area contributed by atoms with Crippen LogP contribution in [-0.2, 0) is 4.79 Å². The number of hydrogen-bond acceptors (Lipinski definition) is 4. The van der Waals surface area contributed by atoms with E-state index in [1.54, 1.807) is 0 Å². The molecule has 1 aromatic rings. The number of hydrogen-bond donors (Lipinski definition) is 2. The van der Waals surface area contributed by atoms with Crippen molar-refractivity contribution in [2.75, 3.05) is 5.75 Å². The van der Waals surface area contributed by atoms with E-state index in [0.717, 1.165) is 11.8 Å². The third-order valence-corrected chi connectivity index (χ3v) is 3.87. The lowest BCUT2D eigenvalue weighted by Crippen LogP contribution is -2.22. The maximum Gasteiger partial charge on any atom is 0.185 e. The van der Waals surface area contributed by atoms with Crippen molar-refractivity contribution in [1.82, 2.24) is 0 Å². The largest absolute Gasteiger partial charge is 0.389 e. The summed E-state index contributed by atoms with van der Waals surface area (Å²) in [6, 6.07) is 4.21. The molecule has 0 spiro atoms. The van der Waals surface area contributed by atoms with Crippen LogP contribution in [0.5, 0.6) is 0 Å². The molecule has 0 heterocycles. The SMILES string of the molecule is CC(=O)SCC(O)C(O)c1cccc(F)c1Br. The minimum absolute atomic E-state index is 0.0689. The van der Waals surface area contributed by atoms with Crippen LogP contribution in [0.4, 0.5) is 4.39 Å². The Bertz CT molecular complexity index is 414. The number of rotatable bonds is 4. The smallest absolute Gasteiger partial charge is 0.185 e. The molecule has 94 valence electrons. The molecule has 0 aromatic heterocycles. The van der Waals surface area contributed by atoms with Gasteiger partial charge < -0.3 is 10.2 Å². The summed E-state index contributed by atoms with van der Waals surface area (Å²) in [4.78, 5) is 10.7. The molecule has 0 aliphatic carbocycles. The maximum absolute atomic E-state index is 13.2. The summed E-state index contributed by atoms with van der Waals surface area (Å²) in [5, 5.41) is 19.4. The van der Waals surface area contributed by atoms with E-state index >= 15 is 0 Å². The predicted molar refractivity (Wildman–Crippen MR) is 68.2 cm³/mol. The van der Waals surface area contributed by atoms with E-state index in [2.05, 4.69) is 15.9 Å². The third-order valence-electron chi connectivity index (χ3n) is 2.12. The van der Waals surface area contributed by atoms with Gasteiger partial charge in [0.25, 0.3) is 0 Å². The number of aliphatic hydroxyl groups excluding tert-OH is 2. The Kier molecular flexibility index (Phi) is 5.58.